The maximum Gasteiger partial charge on any atom is 0.0432 e. The topological polar surface area (TPSA) is 0 Å². The Kier molecular flexibility index (Phi) is 2.45. The number of hydrogen-bond acceptors (Lipinski definition) is 0. The van der Waals surface area contributed by atoms with Crippen molar-refractivity contribution < 1.29 is 0 Å². The lowest BCUT2D eigenvalue weighted by Crippen LogP contribution is -2.33. The van der Waals surface area contributed by atoms with E-state index < -0.39 is 0 Å². The number of rotatable bonds is 0. The van der Waals surface area contributed by atoms with Crippen LogP contribution in [0.1, 0.15) is 17.5 Å². The van der Waals surface area contributed by atoms with E-state index in [1.165, 1.54) is 75.8 Å². The molecule has 0 saturated carbocycles. The van der Waals surface area contributed by atoms with Crippen molar-refractivity contribution in [2.24, 2.45) is 0 Å². The van der Waals surface area contributed by atoms with E-state index in [-0.39, 0.29) is 5.41 Å². The number of benzene rings is 6. The molecule has 3 aliphatic carbocycles. The minimum absolute atomic E-state index is 0.0614. The zero-order valence-corrected chi connectivity index (χ0v) is 17.4. The van der Waals surface area contributed by atoms with Crippen LogP contribution in [0.2, 0.25) is 0 Å². The third-order valence-electron chi connectivity index (χ3n) is 8.40. The molecule has 0 amide bonds. The Hall–Kier alpha value is -3.90. The molecular formula is C32H18. The van der Waals surface area contributed by atoms with Crippen molar-refractivity contribution in [3.05, 3.63) is 107 Å². The van der Waals surface area contributed by atoms with Gasteiger partial charge in [0, 0.05) is 5.41 Å². The number of fused-ring (bicyclic) bond motifs is 3. The molecule has 0 heteroatoms. The second kappa shape index (κ2) is 4.95. The van der Waals surface area contributed by atoms with Crippen molar-refractivity contribution in [1.82, 2.24) is 0 Å². The minimum Gasteiger partial charge on any atom is -0.0751 e. The molecule has 0 bridgehead atoms. The van der Waals surface area contributed by atoms with Gasteiger partial charge in [-0.2, -0.15) is 0 Å². The smallest absolute Gasteiger partial charge is 0.0432 e. The van der Waals surface area contributed by atoms with Crippen LogP contribution in [0, 0.1) is 0 Å². The summed E-state index contributed by atoms with van der Waals surface area (Å²) in [6, 6.07) is 23.0. The number of allylic oxidation sites excluding steroid dienone is 5. The first kappa shape index (κ1) is 15.8. The normalized spacial score (nSPS) is 20.7. The highest BCUT2D eigenvalue weighted by atomic mass is 14.4. The highest BCUT2D eigenvalue weighted by molar-refractivity contribution is 6.38. The largest absolute Gasteiger partial charge is 0.0751 e. The van der Waals surface area contributed by atoms with Crippen LogP contribution in [0.3, 0.4) is 0 Å². The van der Waals surface area contributed by atoms with Gasteiger partial charge >= 0.3 is 0 Å². The van der Waals surface area contributed by atoms with Crippen LogP contribution in [-0.4, -0.2) is 0 Å². The number of hydrogen-bond donors (Lipinski definition) is 0. The van der Waals surface area contributed by atoms with Crippen LogP contribution >= 0.6 is 0 Å². The van der Waals surface area contributed by atoms with Crippen LogP contribution in [-0.2, 0) is 5.41 Å². The first-order chi connectivity index (χ1) is 15.9. The zero-order valence-electron chi connectivity index (χ0n) is 17.4. The molecule has 1 atom stereocenters. The molecule has 1 spiro atoms. The average Bonchev–Trinajstić information content (AvgIpc) is 2.86. The fourth-order valence-corrected chi connectivity index (χ4v) is 7.12. The predicted octanol–water partition coefficient (Wildman–Crippen LogP) is 7.55. The van der Waals surface area contributed by atoms with Crippen LogP contribution in [0.15, 0.2) is 90.5 Å². The summed E-state index contributed by atoms with van der Waals surface area (Å²) < 4.78 is 0. The minimum atomic E-state index is -0.0614. The van der Waals surface area contributed by atoms with Gasteiger partial charge in [0.1, 0.15) is 0 Å². The van der Waals surface area contributed by atoms with Crippen LogP contribution in [0.5, 0.6) is 0 Å². The first-order valence-electron chi connectivity index (χ1n) is 11.5. The van der Waals surface area contributed by atoms with Crippen LogP contribution in [0.4, 0.5) is 0 Å². The molecular weight excluding hydrogens is 384 g/mol. The zero-order chi connectivity index (χ0) is 20.6. The van der Waals surface area contributed by atoms with Gasteiger partial charge in [-0.05, 0) is 88.3 Å². The Bertz CT molecular complexity index is 1990. The molecule has 146 valence electrons. The Morgan fingerprint density at radius 2 is 1.41 bits per heavy atom. The maximum atomic E-state index is 2.49. The highest BCUT2D eigenvalue weighted by Crippen LogP contribution is 2.56. The van der Waals surface area contributed by atoms with Gasteiger partial charge in [-0.3, -0.25) is 0 Å². The lowest BCUT2D eigenvalue weighted by atomic mass is 9.61. The summed E-state index contributed by atoms with van der Waals surface area (Å²) in [5.74, 6) is 0. The summed E-state index contributed by atoms with van der Waals surface area (Å²) in [5.41, 5.74) is 4.31. The lowest BCUT2D eigenvalue weighted by Gasteiger charge is -2.41. The molecule has 32 heavy (non-hydrogen) atoms. The van der Waals surface area contributed by atoms with Crippen molar-refractivity contribution in [2.75, 3.05) is 0 Å². The summed E-state index contributed by atoms with van der Waals surface area (Å²) in [4.78, 5) is 0. The van der Waals surface area contributed by atoms with E-state index in [0.29, 0.717) is 0 Å². The van der Waals surface area contributed by atoms with E-state index in [2.05, 4.69) is 97.1 Å². The molecule has 6 aromatic carbocycles. The lowest BCUT2D eigenvalue weighted by molar-refractivity contribution is 0.673. The summed E-state index contributed by atoms with van der Waals surface area (Å²) in [5, 5.41) is 15.5. The monoisotopic (exact) mass is 402 g/mol. The fraction of sp³-hybridized carbons (Fsp3) is 0.0625. The molecule has 3 aliphatic rings. The van der Waals surface area contributed by atoms with Gasteiger partial charge in [-0.1, -0.05) is 91.0 Å². The molecule has 1 unspecified atom stereocenters. The van der Waals surface area contributed by atoms with Gasteiger partial charge in [0.2, 0.25) is 0 Å². The molecule has 0 heterocycles. The van der Waals surface area contributed by atoms with Crippen molar-refractivity contribution in [3.63, 3.8) is 0 Å². The Balaban J connectivity index is 1.77. The van der Waals surface area contributed by atoms with E-state index in [9.17, 15) is 0 Å². The van der Waals surface area contributed by atoms with Crippen molar-refractivity contribution >= 4 is 66.0 Å². The Morgan fingerprint density at radius 3 is 2.31 bits per heavy atom. The SMILES string of the molecule is C1=CC2=Cc3c4ccccc4c4ccc5ccc6ccc7c8c(c3c4c5c68)C2(C=C1)CC=7. The van der Waals surface area contributed by atoms with Crippen LogP contribution in [0.25, 0.3) is 66.0 Å². The summed E-state index contributed by atoms with van der Waals surface area (Å²) in [6.07, 6.45) is 15.3. The van der Waals surface area contributed by atoms with Gasteiger partial charge < -0.3 is 0 Å². The summed E-state index contributed by atoms with van der Waals surface area (Å²) in [7, 11) is 0. The molecule has 0 fully saturated rings. The molecule has 0 aromatic heterocycles. The molecule has 6 aromatic rings. The van der Waals surface area contributed by atoms with Crippen LogP contribution < -0.4 is 5.22 Å². The standard InChI is InChI=1S/C32H18/c1-2-7-23-22(6-1)24-13-12-19-9-8-18-10-11-20-14-16-32-15-4-3-5-21(32)17-25(23)30-29(24)27(19)26(18)28(20)31(30)32/h1-15,17H,16H2. The molecule has 0 N–H and O–H groups in total. The molecule has 0 saturated heterocycles. The summed E-state index contributed by atoms with van der Waals surface area (Å²) in [6.45, 7) is 0. The van der Waals surface area contributed by atoms with E-state index in [1.54, 1.807) is 0 Å². The fourth-order valence-electron chi connectivity index (χ4n) is 7.12. The molecule has 0 nitrogen and oxygen atoms in total. The van der Waals surface area contributed by atoms with Gasteiger partial charge in [0.25, 0.3) is 0 Å². The maximum absolute atomic E-state index is 2.49. The third-order valence-corrected chi connectivity index (χ3v) is 8.40. The van der Waals surface area contributed by atoms with E-state index >= 15 is 0 Å². The Morgan fingerprint density at radius 1 is 0.625 bits per heavy atom. The third kappa shape index (κ3) is 1.52. The predicted molar refractivity (Wildman–Crippen MR) is 137 cm³/mol. The van der Waals surface area contributed by atoms with E-state index in [0.717, 1.165) is 6.42 Å². The van der Waals surface area contributed by atoms with Crippen molar-refractivity contribution in [1.29, 1.82) is 0 Å². The summed E-state index contributed by atoms with van der Waals surface area (Å²) >= 11 is 0. The van der Waals surface area contributed by atoms with Gasteiger partial charge in [0.05, 0.1) is 0 Å². The average molecular weight is 402 g/mol. The molecule has 9 rings (SSSR count). The van der Waals surface area contributed by atoms with Crippen molar-refractivity contribution in [2.45, 2.75) is 11.8 Å². The second-order valence-electron chi connectivity index (χ2n) is 9.69. The molecule has 0 aliphatic heterocycles. The van der Waals surface area contributed by atoms with Gasteiger partial charge in [0.15, 0.2) is 0 Å². The van der Waals surface area contributed by atoms with Gasteiger partial charge in [-0.25, -0.2) is 0 Å². The first-order valence-corrected chi connectivity index (χ1v) is 11.5. The van der Waals surface area contributed by atoms with Crippen molar-refractivity contribution in [3.8, 4) is 0 Å². The second-order valence-corrected chi connectivity index (χ2v) is 9.69. The van der Waals surface area contributed by atoms with E-state index in [4.69, 9.17) is 0 Å². The highest BCUT2D eigenvalue weighted by Gasteiger charge is 2.41. The quantitative estimate of drug-likeness (QED) is 0.182. The Labute approximate surface area is 184 Å². The molecule has 0 radical (unpaired) electrons. The van der Waals surface area contributed by atoms with Gasteiger partial charge in [-0.15, -0.1) is 0 Å². The van der Waals surface area contributed by atoms with E-state index in [1.807, 2.05) is 0 Å².